The minimum Gasteiger partial charge on any atom is -0.464 e. The second-order valence-electron chi connectivity index (χ2n) is 7.30. The van der Waals surface area contributed by atoms with E-state index in [2.05, 4.69) is 20.8 Å². The van der Waals surface area contributed by atoms with Crippen LogP contribution in [-0.4, -0.2) is 29.3 Å². The lowest BCUT2D eigenvalue weighted by Crippen LogP contribution is -2.20. The van der Waals surface area contributed by atoms with E-state index >= 15 is 0 Å². The first-order valence-electron chi connectivity index (χ1n) is 9.77. The number of aromatic amines is 1. The highest BCUT2D eigenvalue weighted by Crippen LogP contribution is 2.27. The molecule has 0 bridgehead atoms. The lowest BCUT2D eigenvalue weighted by atomic mass is 10.0. The molecule has 0 saturated heterocycles. The van der Waals surface area contributed by atoms with Crippen LogP contribution >= 0.6 is 0 Å². The van der Waals surface area contributed by atoms with Gasteiger partial charge in [-0.15, -0.1) is 0 Å². The number of nitrogens with one attached hydrogen (secondary N) is 3. The molecule has 3 aromatic carbocycles. The van der Waals surface area contributed by atoms with E-state index in [1.54, 1.807) is 0 Å². The first kappa shape index (κ1) is 20.2. The van der Waals surface area contributed by atoms with E-state index in [1.165, 1.54) is 7.11 Å². The van der Waals surface area contributed by atoms with E-state index < -0.39 is 5.97 Å². The van der Waals surface area contributed by atoms with Crippen LogP contribution in [0.2, 0.25) is 0 Å². The summed E-state index contributed by atoms with van der Waals surface area (Å²) in [5.41, 5.74) is 6.40. The van der Waals surface area contributed by atoms with Gasteiger partial charge >= 0.3 is 12.0 Å². The van der Waals surface area contributed by atoms with Crippen LogP contribution in [0, 0.1) is 13.8 Å². The quantitative estimate of drug-likeness (QED) is 0.396. The van der Waals surface area contributed by atoms with Crippen molar-refractivity contribution in [3.05, 3.63) is 77.5 Å². The summed E-state index contributed by atoms with van der Waals surface area (Å²) in [6.07, 6.45) is 0. The fourth-order valence-corrected chi connectivity index (χ4v) is 3.47. The van der Waals surface area contributed by atoms with Gasteiger partial charge in [-0.05, 0) is 60.9 Å². The summed E-state index contributed by atoms with van der Waals surface area (Å²) >= 11 is 0. The van der Waals surface area contributed by atoms with Crippen molar-refractivity contribution < 1.29 is 14.3 Å². The van der Waals surface area contributed by atoms with E-state index in [9.17, 15) is 9.59 Å². The molecule has 4 aromatic rings. The van der Waals surface area contributed by atoms with E-state index in [-0.39, 0.29) is 11.7 Å². The molecule has 0 aliphatic rings. The second kappa shape index (κ2) is 8.31. The molecule has 7 nitrogen and oxygen atoms in total. The van der Waals surface area contributed by atoms with E-state index in [0.29, 0.717) is 11.1 Å². The van der Waals surface area contributed by atoms with Crippen molar-refractivity contribution in [3.8, 4) is 11.1 Å². The van der Waals surface area contributed by atoms with Crippen LogP contribution in [0.1, 0.15) is 21.6 Å². The summed E-state index contributed by atoms with van der Waals surface area (Å²) < 4.78 is 4.76. The van der Waals surface area contributed by atoms with Crippen molar-refractivity contribution in [3.63, 3.8) is 0 Å². The minimum absolute atomic E-state index is 0.252. The predicted octanol–water partition coefficient (Wildman–Crippen LogP) is 5.28. The largest absolute Gasteiger partial charge is 0.464 e. The molecular weight excluding hydrogens is 392 g/mol. The number of carbonyl (C=O) groups excluding carboxylic acids is 2. The molecule has 7 heteroatoms. The number of hydrogen-bond acceptors (Lipinski definition) is 4. The Hall–Kier alpha value is -4.13. The SMILES string of the molecule is COC(=O)c1n[nH]c2cc(-c3cccc(NC(=O)Nc4ccc(C)cc4C)c3)ccc12. The number of methoxy groups -OCH3 is 1. The fourth-order valence-electron chi connectivity index (χ4n) is 3.47. The van der Waals surface area contributed by atoms with Gasteiger partial charge in [-0.25, -0.2) is 9.59 Å². The number of nitrogens with zero attached hydrogens (tertiary/aromatic N) is 1. The zero-order chi connectivity index (χ0) is 22.0. The van der Waals surface area contributed by atoms with Crippen molar-refractivity contribution in [1.29, 1.82) is 0 Å². The Labute approximate surface area is 179 Å². The number of amides is 2. The number of hydrogen-bond donors (Lipinski definition) is 3. The first-order valence-corrected chi connectivity index (χ1v) is 9.77. The van der Waals surface area contributed by atoms with Gasteiger partial charge in [0.05, 0.1) is 12.6 Å². The number of fused-ring (bicyclic) bond motifs is 1. The predicted molar refractivity (Wildman–Crippen MR) is 121 cm³/mol. The zero-order valence-corrected chi connectivity index (χ0v) is 17.4. The van der Waals surface area contributed by atoms with Gasteiger partial charge in [-0.1, -0.05) is 35.9 Å². The molecule has 2 amide bonds. The number of esters is 1. The molecule has 0 spiro atoms. The topological polar surface area (TPSA) is 96.1 Å². The van der Waals surface area contributed by atoms with Crippen LogP contribution < -0.4 is 10.6 Å². The van der Waals surface area contributed by atoms with E-state index in [4.69, 9.17) is 4.74 Å². The Balaban J connectivity index is 1.54. The molecule has 0 unspecified atom stereocenters. The van der Waals surface area contributed by atoms with Gasteiger partial charge in [0.1, 0.15) is 0 Å². The Morgan fingerprint density at radius 1 is 0.935 bits per heavy atom. The Morgan fingerprint density at radius 3 is 2.52 bits per heavy atom. The number of H-pyrrole nitrogens is 1. The maximum Gasteiger partial charge on any atom is 0.359 e. The summed E-state index contributed by atoms with van der Waals surface area (Å²) in [5, 5.41) is 13.4. The standard InChI is InChI=1S/C24H22N4O3/c1-14-7-10-20(15(2)11-14)26-24(30)25-18-6-4-5-16(12-18)17-8-9-19-21(13-17)27-28-22(19)23(29)31-3/h4-13H,1-3H3,(H,27,28)(H2,25,26,30). The minimum atomic E-state index is -0.486. The number of anilines is 2. The molecule has 156 valence electrons. The first-order chi connectivity index (χ1) is 14.9. The molecule has 0 atom stereocenters. The number of rotatable bonds is 4. The highest BCUT2D eigenvalue weighted by Gasteiger charge is 2.15. The maximum atomic E-state index is 12.5. The van der Waals surface area contributed by atoms with Crippen molar-refractivity contribution >= 4 is 34.3 Å². The summed E-state index contributed by atoms with van der Waals surface area (Å²) in [4.78, 5) is 24.3. The molecule has 0 aliphatic heterocycles. The lowest BCUT2D eigenvalue weighted by molar-refractivity contribution is 0.0596. The molecule has 0 fully saturated rings. The number of ether oxygens (including phenoxy) is 1. The molecule has 0 radical (unpaired) electrons. The molecule has 3 N–H and O–H groups in total. The highest BCUT2D eigenvalue weighted by molar-refractivity contribution is 6.03. The highest BCUT2D eigenvalue weighted by atomic mass is 16.5. The van der Waals surface area contributed by atoms with Crippen LogP contribution in [0.5, 0.6) is 0 Å². The van der Waals surface area contributed by atoms with Crippen LogP contribution in [0.4, 0.5) is 16.2 Å². The molecule has 4 rings (SSSR count). The number of benzene rings is 3. The van der Waals surface area contributed by atoms with Gasteiger partial charge in [0.2, 0.25) is 0 Å². The Kier molecular flexibility index (Phi) is 5.41. The molecule has 1 heterocycles. The molecule has 0 aliphatic carbocycles. The average Bonchev–Trinajstić information content (AvgIpc) is 3.18. The third-order valence-corrected chi connectivity index (χ3v) is 5.03. The Bertz CT molecular complexity index is 1290. The summed E-state index contributed by atoms with van der Waals surface area (Å²) in [6, 6.07) is 18.7. The van der Waals surface area contributed by atoms with Gasteiger partial charge in [0.15, 0.2) is 5.69 Å². The molecule has 31 heavy (non-hydrogen) atoms. The number of aromatic nitrogens is 2. The smallest absolute Gasteiger partial charge is 0.359 e. The number of urea groups is 1. The normalized spacial score (nSPS) is 10.7. The van der Waals surface area contributed by atoms with Crippen LogP contribution in [-0.2, 0) is 4.74 Å². The average molecular weight is 414 g/mol. The van der Waals surface area contributed by atoms with Crippen molar-refractivity contribution in [2.24, 2.45) is 0 Å². The van der Waals surface area contributed by atoms with Gasteiger partial charge < -0.3 is 15.4 Å². The lowest BCUT2D eigenvalue weighted by Gasteiger charge is -2.11. The van der Waals surface area contributed by atoms with Crippen LogP contribution in [0.25, 0.3) is 22.0 Å². The third-order valence-electron chi connectivity index (χ3n) is 5.03. The van der Waals surface area contributed by atoms with Crippen LogP contribution in [0.15, 0.2) is 60.7 Å². The van der Waals surface area contributed by atoms with Crippen LogP contribution in [0.3, 0.4) is 0 Å². The van der Waals surface area contributed by atoms with E-state index in [0.717, 1.165) is 33.5 Å². The summed E-state index contributed by atoms with van der Waals surface area (Å²) in [5.74, 6) is -0.486. The van der Waals surface area contributed by atoms with E-state index in [1.807, 2.05) is 74.5 Å². The van der Waals surface area contributed by atoms with Gasteiger partial charge in [0, 0.05) is 16.8 Å². The third kappa shape index (κ3) is 4.25. The molecule has 1 aromatic heterocycles. The van der Waals surface area contributed by atoms with Gasteiger partial charge in [-0.2, -0.15) is 5.10 Å². The maximum absolute atomic E-state index is 12.5. The van der Waals surface area contributed by atoms with Crippen molar-refractivity contribution in [2.45, 2.75) is 13.8 Å². The zero-order valence-electron chi connectivity index (χ0n) is 17.4. The summed E-state index contributed by atoms with van der Waals surface area (Å²) in [6.45, 7) is 3.97. The summed E-state index contributed by atoms with van der Waals surface area (Å²) in [7, 11) is 1.33. The number of aryl methyl sites for hydroxylation is 2. The Morgan fingerprint density at radius 2 is 1.74 bits per heavy atom. The monoisotopic (exact) mass is 414 g/mol. The molecular formula is C24H22N4O3. The second-order valence-corrected chi connectivity index (χ2v) is 7.30. The molecule has 0 saturated carbocycles. The van der Waals surface area contributed by atoms with Gasteiger partial charge in [0.25, 0.3) is 0 Å². The number of carbonyl (C=O) groups is 2. The fraction of sp³-hybridized carbons (Fsp3) is 0.125. The van der Waals surface area contributed by atoms with Crippen molar-refractivity contribution in [1.82, 2.24) is 10.2 Å². The van der Waals surface area contributed by atoms with Crippen molar-refractivity contribution in [2.75, 3.05) is 17.7 Å². The van der Waals surface area contributed by atoms with Gasteiger partial charge in [-0.3, -0.25) is 5.10 Å².